The third kappa shape index (κ3) is 3.08. The Bertz CT molecular complexity index is 46.5. The predicted molar refractivity (Wildman–Crippen MR) is 45.9 cm³/mol. The zero-order valence-corrected chi connectivity index (χ0v) is 8.50. The van der Waals surface area contributed by atoms with Crippen molar-refractivity contribution in [2.24, 2.45) is 11.8 Å². The van der Waals surface area contributed by atoms with Crippen LogP contribution in [-0.4, -0.2) is 10.7 Å². The maximum atomic E-state index is 3.44. The van der Waals surface area contributed by atoms with Crippen molar-refractivity contribution in [3.05, 3.63) is 0 Å². The van der Waals surface area contributed by atoms with Gasteiger partial charge in [0.25, 0.3) is 0 Å². The van der Waals surface area contributed by atoms with E-state index in [4.69, 9.17) is 0 Å². The van der Waals surface area contributed by atoms with Gasteiger partial charge in [-0.15, -0.1) is 0 Å². The fourth-order valence-electron chi connectivity index (χ4n) is 0.304. The van der Waals surface area contributed by atoms with E-state index in [1.807, 2.05) is 0 Å². The first-order valence-corrected chi connectivity index (χ1v) is 5.08. The summed E-state index contributed by atoms with van der Waals surface area (Å²) < 4.78 is 0. The Labute approximate surface area is 68.3 Å². The standard InChI is InChI=1S/C6H12Br2/c1-5(3-7)6(2)4-8/h5-6H,3-4H2,1-2H3. The molecule has 2 unspecified atom stereocenters. The van der Waals surface area contributed by atoms with E-state index in [0.29, 0.717) is 0 Å². The summed E-state index contributed by atoms with van der Waals surface area (Å²) in [5.41, 5.74) is 0. The molecule has 0 aromatic carbocycles. The summed E-state index contributed by atoms with van der Waals surface area (Å²) in [4.78, 5) is 0. The molecule has 0 aromatic rings. The molecule has 2 heteroatoms. The van der Waals surface area contributed by atoms with Gasteiger partial charge in [0.1, 0.15) is 0 Å². The van der Waals surface area contributed by atoms with Crippen molar-refractivity contribution < 1.29 is 0 Å². The highest BCUT2D eigenvalue weighted by Gasteiger charge is 2.07. The average Bonchev–Trinajstić information content (AvgIpc) is 1.84. The third-order valence-electron chi connectivity index (χ3n) is 1.46. The van der Waals surface area contributed by atoms with Crippen molar-refractivity contribution in [1.29, 1.82) is 0 Å². The van der Waals surface area contributed by atoms with Gasteiger partial charge >= 0.3 is 0 Å². The van der Waals surface area contributed by atoms with E-state index in [1.54, 1.807) is 0 Å². The Kier molecular flexibility index (Phi) is 5.38. The SMILES string of the molecule is CC(CBr)C(C)CBr. The van der Waals surface area contributed by atoms with Crippen molar-refractivity contribution in [2.75, 3.05) is 10.7 Å². The molecule has 2 atom stereocenters. The molecule has 0 aliphatic heterocycles. The Hall–Kier alpha value is 0.960. The highest BCUT2D eigenvalue weighted by molar-refractivity contribution is 9.09. The molecule has 0 aromatic heterocycles. The van der Waals surface area contributed by atoms with Crippen LogP contribution < -0.4 is 0 Å². The lowest BCUT2D eigenvalue weighted by Crippen LogP contribution is -2.09. The van der Waals surface area contributed by atoms with Gasteiger partial charge in [0.2, 0.25) is 0 Å². The minimum Gasteiger partial charge on any atom is -0.0925 e. The molecule has 0 aliphatic carbocycles. The maximum Gasteiger partial charge on any atom is 0.00598 e. The smallest absolute Gasteiger partial charge is 0.00598 e. The molecule has 0 fully saturated rings. The van der Waals surface area contributed by atoms with Gasteiger partial charge in [0.15, 0.2) is 0 Å². The van der Waals surface area contributed by atoms with Gasteiger partial charge in [0, 0.05) is 10.7 Å². The van der Waals surface area contributed by atoms with Crippen molar-refractivity contribution >= 4 is 31.9 Å². The largest absolute Gasteiger partial charge is 0.0925 e. The molecule has 0 rings (SSSR count). The van der Waals surface area contributed by atoms with Gasteiger partial charge in [-0.25, -0.2) is 0 Å². The maximum absolute atomic E-state index is 3.44. The summed E-state index contributed by atoms with van der Waals surface area (Å²) in [5.74, 6) is 1.57. The van der Waals surface area contributed by atoms with Crippen LogP contribution in [0.15, 0.2) is 0 Å². The van der Waals surface area contributed by atoms with E-state index >= 15 is 0 Å². The zero-order chi connectivity index (χ0) is 6.57. The van der Waals surface area contributed by atoms with Crippen LogP contribution in [0.1, 0.15) is 13.8 Å². The molecule has 0 bridgehead atoms. The lowest BCUT2D eigenvalue weighted by atomic mass is 10.0. The number of hydrogen-bond donors (Lipinski definition) is 0. The normalized spacial score (nSPS) is 18.0. The number of rotatable bonds is 3. The molecule has 0 N–H and O–H groups in total. The fraction of sp³-hybridized carbons (Fsp3) is 1.00. The molecule has 8 heavy (non-hydrogen) atoms. The summed E-state index contributed by atoms with van der Waals surface area (Å²) in [6.45, 7) is 4.50. The Balaban J connectivity index is 3.29. The summed E-state index contributed by atoms with van der Waals surface area (Å²) in [6, 6.07) is 0. The first-order chi connectivity index (χ1) is 3.72. The monoisotopic (exact) mass is 242 g/mol. The molecule has 0 radical (unpaired) electrons. The fourth-order valence-corrected chi connectivity index (χ4v) is 1.58. The van der Waals surface area contributed by atoms with E-state index in [9.17, 15) is 0 Å². The highest BCUT2D eigenvalue weighted by atomic mass is 79.9. The highest BCUT2D eigenvalue weighted by Crippen LogP contribution is 2.14. The van der Waals surface area contributed by atoms with Crippen LogP contribution in [0.2, 0.25) is 0 Å². The molecule has 0 aliphatic rings. The van der Waals surface area contributed by atoms with Crippen molar-refractivity contribution in [3.63, 3.8) is 0 Å². The van der Waals surface area contributed by atoms with Crippen LogP contribution in [-0.2, 0) is 0 Å². The second kappa shape index (κ2) is 4.80. The molecule has 0 nitrogen and oxygen atoms in total. The molecule has 50 valence electrons. The number of halogens is 2. The van der Waals surface area contributed by atoms with Gasteiger partial charge in [-0.05, 0) is 11.8 Å². The number of alkyl halides is 2. The summed E-state index contributed by atoms with van der Waals surface area (Å²) in [6.07, 6.45) is 0. The summed E-state index contributed by atoms with van der Waals surface area (Å²) >= 11 is 6.87. The molecule has 0 saturated heterocycles. The van der Waals surface area contributed by atoms with E-state index in [1.165, 1.54) is 0 Å². The van der Waals surface area contributed by atoms with Crippen molar-refractivity contribution in [3.8, 4) is 0 Å². The molecule has 0 amide bonds. The minimum absolute atomic E-state index is 0.786. The third-order valence-corrected chi connectivity index (χ3v) is 3.50. The lowest BCUT2D eigenvalue weighted by molar-refractivity contribution is 0.477. The number of hydrogen-bond acceptors (Lipinski definition) is 0. The van der Waals surface area contributed by atoms with Crippen LogP contribution in [0.25, 0.3) is 0 Å². The molecule has 0 heterocycles. The van der Waals surface area contributed by atoms with Crippen molar-refractivity contribution in [2.45, 2.75) is 13.8 Å². The quantitative estimate of drug-likeness (QED) is 0.669. The van der Waals surface area contributed by atoms with Crippen LogP contribution >= 0.6 is 31.9 Å². The Morgan fingerprint density at radius 1 is 1.00 bits per heavy atom. The van der Waals surface area contributed by atoms with Crippen LogP contribution in [0, 0.1) is 11.8 Å². The molecule has 0 saturated carbocycles. The van der Waals surface area contributed by atoms with E-state index in [-0.39, 0.29) is 0 Å². The first kappa shape index (κ1) is 8.96. The van der Waals surface area contributed by atoms with Gasteiger partial charge < -0.3 is 0 Å². The summed E-state index contributed by atoms with van der Waals surface area (Å²) in [5, 5.41) is 2.22. The predicted octanol–water partition coefficient (Wildman–Crippen LogP) is 3.05. The van der Waals surface area contributed by atoms with Crippen LogP contribution in [0.4, 0.5) is 0 Å². The van der Waals surface area contributed by atoms with Crippen molar-refractivity contribution in [1.82, 2.24) is 0 Å². The summed E-state index contributed by atoms with van der Waals surface area (Å²) in [7, 11) is 0. The zero-order valence-electron chi connectivity index (χ0n) is 5.32. The Morgan fingerprint density at radius 2 is 1.25 bits per heavy atom. The molecular weight excluding hydrogens is 232 g/mol. The van der Waals surface area contributed by atoms with Gasteiger partial charge in [-0.2, -0.15) is 0 Å². The van der Waals surface area contributed by atoms with Gasteiger partial charge in [0.05, 0.1) is 0 Å². The van der Waals surface area contributed by atoms with E-state index in [0.717, 1.165) is 22.5 Å². The van der Waals surface area contributed by atoms with E-state index < -0.39 is 0 Å². The topological polar surface area (TPSA) is 0 Å². The minimum atomic E-state index is 0.786. The lowest BCUT2D eigenvalue weighted by Gasteiger charge is -2.12. The van der Waals surface area contributed by atoms with Gasteiger partial charge in [-0.1, -0.05) is 45.7 Å². The Morgan fingerprint density at radius 3 is 1.38 bits per heavy atom. The van der Waals surface area contributed by atoms with Gasteiger partial charge in [-0.3, -0.25) is 0 Å². The van der Waals surface area contributed by atoms with E-state index in [2.05, 4.69) is 45.7 Å². The average molecular weight is 244 g/mol. The first-order valence-electron chi connectivity index (χ1n) is 2.84. The molecular formula is C6H12Br2. The second-order valence-electron chi connectivity index (χ2n) is 2.26. The van der Waals surface area contributed by atoms with Crippen LogP contribution in [0.5, 0.6) is 0 Å². The molecule has 0 spiro atoms. The van der Waals surface area contributed by atoms with Crippen LogP contribution in [0.3, 0.4) is 0 Å². The second-order valence-corrected chi connectivity index (χ2v) is 3.56.